The molecule has 2 N–H and O–H groups in total. The molecule has 1 saturated carbocycles. The van der Waals surface area contributed by atoms with Crippen LogP contribution in [0.5, 0.6) is 0 Å². The summed E-state index contributed by atoms with van der Waals surface area (Å²) in [5.74, 6) is 0.744. The van der Waals surface area contributed by atoms with Crippen molar-refractivity contribution in [1.82, 2.24) is 10.6 Å². The average molecular weight is 228 g/mol. The van der Waals surface area contributed by atoms with Gasteiger partial charge in [-0.05, 0) is 24.5 Å². The minimum absolute atomic E-state index is 0.695. The predicted molar refractivity (Wildman–Crippen MR) is 71.2 cm³/mol. The van der Waals surface area contributed by atoms with E-state index in [-0.39, 0.29) is 0 Å². The van der Waals surface area contributed by atoms with E-state index in [4.69, 9.17) is 0 Å². The van der Waals surface area contributed by atoms with Gasteiger partial charge in [0, 0.05) is 31.6 Å². The molecule has 2 fully saturated rings. The van der Waals surface area contributed by atoms with Crippen molar-refractivity contribution >= 4 is 0 Å². The summed E-state index contributed by atoms with van der Waals surface area (Å²) in [7, 11) is 0. The van der Waals surface area contributed by atoms with Crippen LogP contribution in [-0.2, 0) is 0 Å². The lowest BCUT2D eigenvalue weighted by Crippen LogP contribution is -2.36. The number of rotatable bonds is 4. The first-order valence-electron chi connectivity index (χ1n) is 6.51. The molecule has 90 valence electrons. The fraction of sp³-hybridized carbons (Fsp3) is 0.467. The molecule has 1 saturated heterocycles. The molecule has 1 aromatic carbocycles. The first kappa shape index (κ1) is 11.0. The SMILES string of the molecule is CC(CNC1CC1c1ccccc1)=C1CNC1. The van der Waals surface area contributed by atoms with E-state index in [0.29, 0.717) is 6.04 Å². The third-order valence-corrected chi connectivity index (χ3v) is 3.93. The van der Waals surface area contributed by atoms with Gasteiger partial charge in [0.05, 0.1) is 0 Å². The Hall–Kier alpha value is -1.12. The second-order valence-corrected chi connectivity index (χ2v) is 5.23. The third kappa shape index (κ3) is 2.43. The largest absolute Gasteiger partial charge is 0.310 e. The van der Waals surface area contributed by atoms with Gasteiger partial charge < -0.3 is 10.6 Å². The summed E-state index contributed by atoms with van der Waals surface area (Å²) < 4.78 is 0. The first-order valence-corrected chi connectivity index (χ1v) is 6.51. The van der Waals surface area contributed by atoms with Crippen LogP contribution in [0.25, 0.3) is 0 Å². The van der Waals surface area contributed by atoms with Crippen molar-refractivity contribution in [2.24, 2.45) is 0 Å². The molecule has 2 aliphatic rings. The molecule has 2 atom stereocenters. The van der Waals surface area contributed by atoms with Crippen molar-refractivity contribution in [3.05, 3.63) is 47.0 Å². The van der Waals surface area contributed by atoms with Gasteiger partial charge in [-0.2, -0.15) is 0 Å². The smallest absolute Gasteiger partial charge is 0.0183 e. The van der Waals surface area contributed by atoms with Gasteiger partial charge in [0.25, 0.3) is 0 Å². The van der Waals surface area contributed by atoms with Crippen LogP contribution >= 0.6 is 0 Å². The zero-order chi connectivity index (χ0) is 11.7. The molecule has 2 heteroatoms. The van der Waals surface area contributed by atoms with Crippen LogP contribution in [-0.4, -0.2) is 25.7 Å². The summed E-state index contributed by atoms with van der Waals surface area (Å²) in [6.45, 7) is 5.51. The Bertz CT molecular complexity index is 416. The molecule has 2 unspecified atom stereocenters. The molecule has 2 nitrogen and oxygen atoms in total. The zero-order valence-electron chi connectivity index (χ0n) is 10.4. The molecule has 1 aromatic rings. The second kappa shape index (κ2) is 4.63. The van der Waals surface area contributed by atoms with Crippen LogP contribution in [0.15, 0.2) is 41.5 Å². The standard InChI is InChI=1S/C15H20N2/c1-11(13-9-16-10-13)8-17-15-7-14(15)12-5-3-2-4-6-12/h2-6,14-17H,7-10H2,1H3. The number of benzene rings is 1. The summed E-state index contributed by atoms with van der Waals surface area (Å²) in [6.07, 6.45) is 1.30. The fourth-order valence-corrected chi connectivity index (χ4v) is 2.45. The molecule has 0 aromatic heterocycles. The normalized spacial score (nSPS) is 26.5. The van der Waals surface area contributed by atoms with Gasteiger partial charge in [-0.25, -0.2) is 0 Å². The van der Waals surface area contributed by atoms with Crippen molar-refractivity contribution in [3.8, 4) is 0 Å². The molecule has 1 aliphatic heterocycles. The topological polar surface area (TPSA) is 24.1 Å². The van der Waals surface area contributed by atoms with Crippen molar-refractivity contribution in [2.45, 2.75) is 25.3 Å². The molecular formula is C15H20N2. The van der Waals surface area contributed by atoms with Gasteiger partial charge in [-0.3, -0.25) is 0 Å². The van der Waals surface area contributed by atoms with E-state index < -0.39 is 0 Å². The van der Waals surface area contributed by atoms with Crippen LogP contribution in [0.1, 0.15) is 24.8 Å². The van der Waals surface area contributed by atoms with Gasteiger partial charge in [-0.15, -0.1) is 0 Å². The van der Waals surface area contributed by atoms with E-state index in [1.54, 1.807) is 5.57 Å². The molecular weight excluding hydrogens is 208 g/mol. The highest BCUT2D eigenvalue weighted by atomic mass is 15.0. The second-order valence-electron chi connectivity index (χ2n) is 5.23. The Morgan fingerprint density at radius 2 is 2.06 bits per heavy atom. The van der Waals surface area contributed by atoms with E-state index in [2.05, 4.69) is 47.9 Å². The van der Waals surface area contributed by atoms with E-state index in [1.807, 2.05) is 0 Å². The summed E-state index contributed by atoms with van der Waals surface area (Å²) in [5.41, 5.74) is 4.61. The highest BCUT2D eigenvalue weighted by Crippen LogP contribution is 2.40. The third-order valence-electron chi connectivity index (χ3n) is 3.93. The Morgan fingerprint density at radius 1 is 1.29 bits per heavy atom. The minimum Gasteiger partial charge on any atom is -0.310 e. The summed E-state index contributed by atoms with van der Waals surface area (Å²) in [5, 5.41) is 6.96. The lowest BCUT2D eigenvalue weighted by atomic mass is 10.0. The maximum Gasteiger partial charge on any atom is 0.0183 e. The van der Waals surface area contributed by atoms with Gasteiger partial charge in [0.15, 0.2) is 0 Å². The molecule has 3 rings (SSSR count). The highest BCUT2D eigenvalue weighted by Gasteiger charge is 2.37. The Labute approximate surface area is 103 Å². The van der Waals surface area contributed by atoms with Crippen LogP contribution in [0, 0.1) is 0 Å². The lowest BCUT2D eigenvalue weighted by Gasteiger charge is -2.22. The summed E-state index contributed by atoms with van der Waals surface area (Å²) >= 11 is 0. The van der Waals surface area contributed by atoms with Crippen LogP contribution in [0.3, 0.4) is 0 Å². The van der Waals surface area contributed by atoms with E-state index >= 15 is 0 Å². The number of hydrogen-bond donors (Lipinski definition) is 2. The van der Waals surface area contributed by atoms with E-state index in [1.165, 1.54) is 17.6 Å². The molecule has 0 spiro atoms. The average Bonchev–Trinajstić information content (AvgIpc) is 3.05. The van der Waals surface area contributed by atoms with Crippen LogP contribution < -0.4 is 10.6 Å². The van der Waals surface area contributed by atoms with Gasteiger partial charge >= 0.3 is 0 Å². The highest BCUT2D eigenvalue weighted by molar-refractivity contribution is 5.28. The Kier molecular flexibility index (Phi) is 3.00. The van der Waals surface area contributed by atoms with E-state index in [0.717, 1.165) is 25.6 Å². The van der Waals surface area contributed by atoms with Crippen LogP contribution in [0.2, 0.25) is 0 Å². The Balaban J connectivity index is 1.50. The monoisotopic (exact) mass is 228 g/mol. The molecule has 1 heterocycles. The summed E-state index contributed by atoms with van der Waals surface area (Å²) in [4.78, 5) is 0. The van der Waals surface area contributed by atoms with Crippen LogP contribution in [0.4, 0.5) is 0 Å². The van der Waals surface area contributed by atoms with Crippen molar-refractivity contribution in [2.75, 3.05) is 19.6 Å². The van der Waals surface area contributed by atoms with Gasteiger partial charge in [0.1, 0.15) is 0 Å². The lowest BCUT2D eigenvalue weighted by molar-refractivity contribution is 0.637. The van der Waals surface area contributed by atoms with Crippen molar-refractivity contribution < 1.29 is 0 Å². The first-order chi connectivity index (χ1) is 8.34. The van der Waals surface area contributed by atoms with Gasteiger partial charge in [0.2, 0.25) is 0 Å². The summed E-state index contributed by atoms with van der Waals surface area (Å²) in [6, 6.07) is 11.5. The minimum atomic E-state index is 0.695. The fourth-order valence-electron chi connectivity index (χ4n) is 2.45. The number of hydrogen-bond acceptors (Lipinski definition) is 2. The molecule has 0 radical (unpaired) electrons. The van der Waals surface area contributed by atoms with Crippen molar-refractivity contribution in [1.29, 1.82) is 0 Å². The van der Waals surface area contributed by atoms with Gasteiger partial charge in [-0.1, -0.05) is 35.9 Å². The Morgan fingerprint density at radius 3 is 2.71 bits per heavy atom. The quantitative estimate of drug-likeness (QED) is 0.771. The maximum absolute atomic E-state index is 3.67. The van der Waals surface area contributed by atoms with E-state index in [9.17, 15) is 0 Å². The van der Waals surface area contributed by atoms with Crippen molar-refractivity contribution in [3.63, 3.8) is 0 Å². The number of nitrogens with one attached hydrogen (secondary N) is 2. The zero-order valence-corrected chi connectivity index (χ0v) is 10.4. The molecule has 0 bridgehead atoms. The maximum atomic E-state index is 3.67. The molecule has 17 heavy (non-hydrogen) atoms. The molecule has 1 aliphatic carbocycles. The molecule has 0 amide bonds. The predicted octanol–water partition coefficient (Wildman–Crippen LogP) is 2.05.